The van der Waals surface area contributed by atoms with Crippen LogP contribution in [0, 0.1) is 0 Å². The monoisotopic (exact) mass is 467 g/mol. The van der Waals surface area contributed by atoms with E-state index in [9.17, 15) is 0 Å². The van der Waals surface area contributed by atoms with Crippen molar-refractivity contribution in [1.82, 2.24) is 20.5 Å². The third-order valence-corrected chi connectivity index (χ3v) is 4.91. The zero-order valence-electron chi connectivity index (χ0n) is 16.1. The topological polar surface area (TPSA) is 52.6 Å². The highest BCUT2D eigenvalue weighted by molar-refractivity contribution is 14.0. The number of nitrogens with one attached hydrogen (secondary N) is 2. The third kappa shape index (κ3) is 8.11. The molecule has 7 heteroatoms. The quantitative estimate of drug-likeness (QED) is 0.348. The summed E-state index contributed by atoms with van der Waals surface area (Å²) in [6, 6.07) is 1.10. The summed E-state index contributed by atoms with van der Waals surface area (Å²) in [6.07, 6.45) is 0. The van der Waals surface area contributed by atoms with Crippen molar-refractivity contribution in [3.05, 3.63) is 16.1 Å². The lowest BCUT2D eigenvalue weighted by atomic mass is 10.2. The second kappa shape index (κ2) is 12.0. The van der Waals surface area contributed by atoms with E-state index >= 15 is 0 Å². The van der Waals surface area contributed by atoms with Gasteiger partial charge in [-0.05, 0) is 27.7 Å². The van der Waals surface area contributed by atoms with E-state index in [1.165, 1.54) is 5.01 Å². The fraction of sp³-hybridized carbons (Fsp3) is 0.765. The fourth-order valence-corrected chi connectivity index (χ4v) is 3.31. The van der Waals surface area contributed by atoms with Gasteiger partial charge >= 0.3 is 0 Å². The summed E-state index contributed by atoms with van der Waals surface area (Å²) < 4.78 is 0. The van der Waals surface area contributed by atoms with Gasteiger partial charge in [0.15, 0.2) is 5.96 Å². The van der Waals surface area contributed by atoms with Crippen molar-refractivity contribution in [3.63, 3.8) is 0 Å². The second-order valence-electron chi connectivity index (χ2n) is 6.61. The highest BCUT2D eigenvalue weighted by atomic mass is 127. The van der Waals surface area contributed by atoms with Crippen molar-refractivity contribution >= 4 is 41.3 Å². The Morgan fingerprint density at radius 2 is 1.79 bits per heavy atom. The average Bonchev–Trinajstić information content (AvgIpc) is 2.94. The molecule has 0 fully saturated rings. The molecule has 0 saturated carbocycles. The highest BCUT2D eigenvalue weighted by Gasteiger charge is 2.12. The molecule has 0 radical (unpaired) electrons. The van der Waals surface area contributed by atoms with Crippen molar-refractivity contribution in [2.45, 2.75) is 66.1 Å². The second-order valence-corrected chi connectivity index (χ2v) is 7.50. The van der Waals surface area contributed by atoms with Crippen LogP contribution in [-0.2, 0) is 6.54 Å². The normalized spacial score (nSPS) is 12.2. The number of aromatic nitrogens is 1. The Hall–Kier alpha value is -0.410. The first kappa shape index (κ1) is 23.6. The number of hydrogen-bond donors (Lipinski definition) is 2. The van der Waals surface area contributed by atoms with Crippen LogP contribution in [0.25, 0.3) is 0 Å². The molecule has 0 atom stereocenters. The molecule has 0 amide bonds. The van der Waals surface area contributed by atoms with E-state index in [-0.39, 0.29) is 24.0 Å². The van der Waals surface area contributed by atoms with Gasteiger partial charge in [0, 0.05) is 43.5 Å². The first-order chi connectivity index (χ1) is 10.8. The summed E-state index contributed by atoms with van der Waals surface area (Å²) in [5, 5.41) is 10.0. The molecule has 0 unspecified atom stereocenters. The molecule has 0 aliphatic heterocycles. The number of rotatable bonds is 8. The molecule has 0 bridgehead atoms. The van der Waals surface area contributed by atoms with E-state index < -0.39 is 0 Å². The van der Waals surface area contributed by atoms with Crippen LogP contribution in [0.2, 0.25) is 0 Å². The van der Waals surface area contributed by atoms with Crippen molar-refractivity contribution in [1.29, 1.82) is 0 Å². The molecule has 0 aliphatic rings. The minimum Gasteiger partial charge on any atom is -0.355 e. The van der Waals surface area contributed by atoms with Crippen LogP contribution in [0.3, 0.4) is 0 Å². The lowest BCUT2D eigenvalue weighted by Crippen LogP contribution is -2.45. The van der Waals surface area contributed by atoms with Crippen LogP contribution in [0.5, 0.6) is 0 Å². The van der Waals surface area contributed by atoms with E-state index in [0.717, 1.165) is 24.7 Å². The first-order valence-electron chi connectivity index (χ1n) is 8.49. The van der Waals surface area contributed by atoms with Crippen molar-refractivity contribution in [3.8, 4) is 0 Å². The molecule has 0 spiro atoms. The Bertz CT molecular complexity index is 477. The molecule has 2 N–H and O–H groups in total. The smallest absolute Gasteiger partial charge is 0.191 e. The molecule has 0 aromatic carbocycles. The van der Waals surface area contributed by atoms with Gasteiger partial charge in [0.1, 0.15) is 0 Å². The minimum absolute atomic E-state index is 0. The van der Waals surface area contributed by atoms with E-state index in [1.807, 2.05) is 0 Å². The molecule has 1 aromatic heterocycles. The Balaban J connectivity index is 0.00000529. The summed E-state index contributed by atoms with van der Waals surface area (Å²) in [6.45, 7) is 15.9. The number of aliphatic imine (C=N–C) groups is 1. The van der Waals surface area contributed by atoms with Crippen LogP contribution in [0.4, 0.5) is 0 Å². The van der Waals surface area contributed by atoms with Gasteiger partial charge in [-0.15, -0.1) is 35.3 Å². The molecule has 0 saturated heterocycles. The largest absolute Gasteiger partial charge is 0.355 e. The van der Waals surface area contributed by atoms with E-state index in [2.05, 4.69) is 72.4 Å². The standard InChI is InChI=1S/C17H33N5S.HI/c1-12(2)16-21-15(11-23-16)10-20-17(18-7)19-8-9-22(13(3)4)14(5)6;/h11-14H,8-10H2,1-7H3,(H2,18,19,20);1H. The van der Waals surface area contributed by atoms with Gasteiger partial charge in [-0.25, -0.2) is 4.98 Å². The summed E-state index contributed by atoms with van der Waals surface area (Å²) in [5.41, 5.74) is 1.08. The molecular weight excluding hydrogens is 433 g/mol. The van der Waals surface area contributed by atoms with Gasteiger partial charge in [-0.1, -0.05) is 13.8 Å². The van der Waals surface area contributed by atoms with Gasteiger partial charge in [-0.2, -0.15) is 0 Å². The van der Waals surface area contributed by atoms with Gasteiger partial charge < -0.3 is 10.6 Å². The van der Waals surface area contributed by atoms with Crippen LogP contribution in [0.15, 0.2) is 10.4 Å². The van der Waals surface area contributed by atoms with Crippen LogP contribution in [0.1, 0.15) is 58.2 Å². The van der Waals surface area contributed by atoms with E-state index in [0.29, 0.717) is 24.5 Å². The maximum absolute atomic E-state index is 4.64. The molecule has 5 nitrogen and oxygen atoms in total. The van der Waals surface area contributed by atoms with Crippen molar-refractivity contribution in [2.24, 2.45) is 4.99 Å². The first-order valence-corrected chi connectivity index (χ1v) is 9.37. The minimum atomic E-state index is 0. The number of nitrogens with zero attached hydrogens (tertiary/aromatic N) is 3. The number of thiazole rings is 1. The predicted molar refractivity (Wildman–Crippen MR) is 117 cm³/mol. The maximum Gasteiger partial charge on any atom is 0.191 e. The third-order valence-electron chi connectivity index (χ3n) is 3.71. The van der Waals surface area contributed by atoms with E-state index in [4.69, 9.17) is 0 Å². The molecule has 140 valence electrons. The Morgan fingerprint density at radius 3 is 2.25 bits per heavy atom. The summed E-state index contributed by atoms with van der Waals surface area (Å²) >= 11 is 1.73. The molecule has 24 heavy (non-hydrogen) atoms. The molecular formula is C17H34IN5S. The van der Waals surface area contributed by atoms with Crippen LogP contribution in [-0.4, -0.2) is 48.1 Å². The zero-order valence-corrected chi connectivity index (χ0v) is 19.2. The van der Waals surface area contributed by atoms with Crippen molar-refractivity contribution < 1.29 is 0 Å². The Kier molecular flexibility index (Phi) is 11.8. The van der Waals surface area contributed by atoms with Gasteiger partial charge in [0.05, 0.1) is 17.2 Å². The van der Waals surface area contributed by atoms with Crippen LogP contribution < -0.4 is 10.6 Å². The molecule has 1 heterocycles. The molecule has 1 aromatic rings. The lowest BCUT2D eigenvalue weighted by Gasteiger charge is -2.30. The number of guanidine groups is 1. The van der Waals surface area contributed by atoms with Gasteiger partial charge in [0.25, 0.3) is 0 Å². The SMILES string of the molecule is CN=C(NCCN(C(C)C)C(C)C)NCc1csc(C(C)C)n1.I. The summed E-state index contributed by atoms with van der Waals surface area (Å²) in [7, 11) is 1.80. The molecule has 0 aliphatic carbocycles. The Morgan fingerprint density at radius 1 is 1.17 bits per heavy atom. The van der Waals surface area contributed by atoms with Crippen LogP contribution >= 0.6 is 35.3 Å². The lowest BCUT2D eigenvalue weighted by molar-refractivity contribution is 0.178. The fourth-order valence-electron chi connectivity index (χ4n) is 2.48. The summed E-state index contributed by atoms with van der Waals surface area (Å²) in [5.74, 6) is 1.32. The van der Waals surface area contributed by atoms with Gasteiger partial charge in [0.2, 0.25) is 0 Å². The zero-order chi connectivity index (χ0) is 17.4. The van der Waals surface area contributed by atoms with Crippen molar-refractivity contribution in [2.75, 3.05) is 20.1 Å². The van der Waals surface area contributed by atoms with E-state index in [1.54, 1.807) is 18.4 Å². The number of halogens is 1. The predicted octanol–water partition coefficient (Wildman–Crippen LogP) is 3.67. The average molecular weight is 467 g/mol. The highest BCUT2D eigenvalue weighted by Crippen LogP contribution is 2.18. The maximum atomic E-state index is 4.64. The summed E-state index contributed by atoms with van der Waals surface area (Å²) in [4.78, 5) is 11.4. The molecule has 1 rings (SSSR count). The number of hydrogen-bond acceptors (Lipinski definition) is 4. The Labute approximate surface area is 168 Å². The van der Waals surface area contributed by atoms with Gasteiger partial charge in [-0.3, -0.25) is 9.89 Å².